The van der Waals surface area contributed by atoms with Gasteiger partial charge in [-0.05, 0) is 43.7 Å². The first-order chi connectivity index (χ1) is 9.92. The van der Waals surface area contributed by atoms with Crippen LogP contribution in [0.4, 0.5) is 5.82 Å². The van der Waals surface area contributed by atoms with Crippen LogP contribution in [0.1, 0.15) is 62.5 Å². The number of hydrogen-bond acceptors (Lipinski definition) is 4. The number of piperidine rings is 1. The smallest absolute Gasteiger partial charge is 0.254 e. The molecule has 0 aromatic carbocycles. The quantitative estimate of drug-likeness (QED) is 0.663. The molecule has 0 bridgehead atoms. The maximum Gasteiger partial charge on any atom is 0.254 e. The monoisotopic (exact) mass is 290 g/mol. The summed E-state index contributed by atoms with van der Waals surface area (Å²) < 4.78 is 0. The lowest BCUT2D eigenvalue weighted by atomic mass is 9.94. The third-order valence-electron chi connectivity index (χ3n) is 4.21. The number of nitrogens with one attached hydrogen (secondary N) is 1. The molecule has 1 aliphatic heterocycles. The van der Waals surface area contributed by atoms with Gasteiger partial charge in [-0.15, -0.1) is 0 Å². The maximum atomic E-state index is 12.8. The van der Waals surface area contributed by atoms with Crippen LogP contribution in [-0.4, -0.2) is 28.4 Å². The number of nitrogen functional groups attached to an aromatic ring is 1. The number of carbonyl (C=O) groups excluding carboxylic acids is 1. The minimum atomic E-state index is 0.0786. The van der Waals surface area contributed by atoms with E-state index in [0.29, 0.717) is 23.3 Å². The van der Waals surface area contributed by atoms with Gasteiger partial charge in [0.25, 0.3) is 5.91 Å². The summed E-state index contributed by atoms with van der Waals surface area (Å²) in [7, 11) is 0. The van der Waals surface area contributed by atoms with Crippen molar-refractivity contribution in [1.29, 1.82) is 0 Å². The van der Waals surface area contributed by atoms with Crippen molar-refractivity contribution in [2.75, 3.05) is 12.0 Å². The van der Waals surface area contributed by atoms with Gasteiger partial charge < -0.3 is 10.3 Å². The lowest BCUT2D eigenvalue weighted by molar-refractivity contribution is 0.0574. The number of amides is 1. The normalized spacial score (nSPS) is 22.5. The first-order valence-corrected chi connectivity index (χ1v) is 7.72. The predicted molar refractivity (Wildman–Crippen MR) is 85.0 cm³/mol. The molecule has 1 saturated heterocycles. The zero-order chi connectivity index (χ0) is 15.6. The van der Waals surface area contributed by atoms with E-state index in [-0.39, 0.29) is 11.8 Å². The van der Waals surface area contributed by atoms with Gasteiger partial charge >= 0.3 is 0 Å². The standard InChI is InChI=1S/C16H26N4O/c1-10(2)14-7-13(8-15(18-14)19-17)16(21)20-9-11(3)5-6-12(20)4/h7-8,10-12H,5-6,9,17H2,1-4H3,(H,18,19). The molecule has 0 spiro atoms. The number of rotatable bonds is 3. The van der Waals surface area contributed by atoms with Crippen molar-refractivity contribution in [2.45, 2.75) is 52.5 Å². The van der Waals surface area contributed by atoms with Crippen molar-refractivity contribution in [2.24, 2.45) is 11.8 Å². The molecule has 5 nitrogen and oxygen atoms in total. The topological polar surface area (TPSA) is 71.2 Å². The van der Waals surface area contributed by atoms with Gasteiger partial charge in [-0.3, -0.25) is 4.79 Å². The summed E-state index contributed by atoms with van der Waals surface area (Å²) in [5.74, 6) is 6.91. The summed E-state index contributed by atoms with van der Waals surface area (Å²) in [5, 5.41) is 0. The van der Waals surface area contributed by atoms with Gasteiger partial charge in [0.1, 0.15) is 5.82 Å². The molecule has 1 amide bonds. The zero-order valence-electron chi connectivity index (χ0n) is 13.4. The third-order valence-corrected chi connectivity index (χ3v) is 4.21. The molecule has 5 heteroatoms. The Balaban J connectivity index is 2.31. The molecule has 3 N–H and O–H groups in total. The number of hydrazine groups is 1. The molecule has 2 atom stereocenters. The molecule has 21 heavy (non-hydrogen) atoms. The number of pyridine rings is 1. The van der Waals surface area contributed by atoms with Crippen LogP contribution in [0.3, 0.4) is 0 Å². The van der Waals surface area contributed by atoms with Crippen LogP contribution in [0, 0.1) is 5.92 Å². The fourth-order valence-electron chi connectivity index (χ4n) is 2.78. The van der Waals surface area contributed by atoms with Gasteiger partial charge in [0.2, 0.25) is 0 Å². The molecule has 2 heterocycles. The molecule has 1 fully saturated rings. The van der Waals surface area contributed by atoms with Gasteiger partial charge in [0.05, 0.1) is 0 Å². The van der Waals surface area contributed by atoms with E-state index in [1.807, 2.05) is 11.0 Å². The highest BCUT2D eigenvalue weighted by Gasteiger charge is 2.28. The van der Waals surface area contributed by atoms with E-state index in [2.05, 4.69) is 38.1 Å². The molecular weight excluding hydrogens is 264 g/mol. The van der Waals surface area contributed by atoms with Gasteiger partial charge in [-0.1, -0.05) is 20.8 Å². The maximum absolute atomic E-state index is 12.8. The summed E-state index contributed by atoms with van der Waals surface area (Å²) in [6.07, 6.45) is 2.26. The van der Waals surface area contributed by atoms with E-state index in [4.69, 9.17) is 5.84 Å². The lowest BCUT2D eigenvalue weighted by Crippen LogP contribution is -2.45. The Morgan fingerprint density at radius 2 is 2.10 bits per heavy atom. The molecular formula is C16H26N4O. The van der Waals surface area contributed by atoms with E-state index in [0.717, 1.165) is 18.7 Å². The lowest BCUT2D eigenvalue weighted by Gasteiger charge is -2.37. The van der Waals surface area contributed by atoms with E-state index < -0.39 is 0 Å². The molecule has 1 aliphatic rings. The largest absolute Gasteiger partial charge is 0.336 e. The van der Waals surface area contributed by atoms with E-state index in [9.17, 15) is 4.79 Å². The van der Waals surface area contributed by atoms with Gasteiger partial charge in [0.15, 0.2) is 0 Å². The highest BCUT2D eigenvalue weighted by molar-refractivity contribution is 5.95. The van der Waals surface area contributed by atoms with Crippen molar-refractivity contribution in [3.8, 4) is 0 Å². The number of nitrogens with zero attached hydrogens (tertiary/aromatic N) is 2. The van der Waals surface area contributed by atoms with Crippen LogP contribution < -0.4 is 11.3 Å². The van der Waals surface area contributed by atoms with Gasteiger partial charge in [-0.25, -0.2) is 10.8 Å². The number of aromatic nitrogens is 1. The Morgan fingerprint density at radius 3 is 2.71 bits per heavy atom. The number of carbonyl (C=O) groups is 1. The number of nitrogens with two attached hydrogens (primary N) is 1. The van der Waals surface area contributed by atoms with Crippen molar-refractivity contribution >= 4 is 11.7 Å². The van der Waals surface area contributed by atoms with Crippen LogP contribution in [0.2, 0.25) is 0 Å². The molecule has 2 unspecified atom stereocenters. The predicted octanol–water partition coefficient (Wildman–Crippen LogP) is 2.75. The molecule has 2 rings (SSSR count). The Morgan fingerprint density at radius 1 is 1.38 bits per heavy atom. The van der Waals surface area contributed by atoms with Crippen LogP contribution in [0.15, 0.2) is 12.1 Å². The van der Waals surface area contributed by atoms with E-state index in [1.54, 1.807) is 6.07 Å². The molecule has 0 aliphatic carbocycles. The second kappa shape index (κ2) is 6.43. The van der Waals surface area contributed by atoms with Crippen LogP contribution in [0.25, 0.3) is 0 Å². The van der Waals surface area contributed by atoms with Crippen molar-refractivity contribution in [3.63, 3.8) is 0 Å². The second-order valence-electron chi connectivity index (χ2n) is 6.45. The Hall–Kier alpha value is -1.62. The number of anilines is 1. The average Bonchev–Trinajstić information content (AvgIpc) is 2.48. The molecule has 116 valence electrons. The van der Waals surface area contributed by atoms with Crippen molar-refractivity contribution in [3.05, 3.63) is 23.4 Å². The fraction of sp³-hybridized carbons (Fsp3) is 0.625. The Bertz CT molecular complexity index is 515. The highest BCUT2D eigenvalue weighted by Crippen LogP contribution is 2.25. The molecule has 1 aromatic heterocycles. The van der Waals surface area contributed by atoms with Crippen LogP contribution in [0.5, 0.6) is 0 Å². The van der Waals surface area contributed by atoms with Crippen LogP contribution in [-0.2, 0) is 0 Å². The van der Waals surface area contributed by atoms with E-state index in [1.165, 1.54) is 6.42 Å². The first kappa shape index (κ1) is 15.8. The average molecular weight is 290 g/mol. The molecule has 0 saturated carbocycles. The summed E-state index contributed by atoms with van der Waals surface area (Å²) in [4.78, 5) is 19.2. The second-order valence-corrected chi connectivity index (χ2v) is 6.45. The van der Waals surface area contributed by atoms with Crippen molar-refractivity contribution < 1.29 is 4.79 Å². The highest BCUT2D eigenvalue weighted by atomic mass is 16.2. The number of hydrogen-bond donors (Lipinski definition) is 2. The summed E-state index contributed by atoms with van der Waals surface area (Å²) in [5.41, 5.74) is 4.11. The minimum absolute atomic E-state index is 0.0786. The van der Waals surface area contributed by atoms with E-state index >= 15 is 0 Å². The molecule has 1 aromatic rings. The molecule has 0 radical (unpaired) electrons. The third kappa shape index (κ3) is 3.53. The SMILES string of the molecule is CC1CCC(C)N(C(=O)c2cc(NN)nc(C(C)C)c2)C1. The van der Waals surface area contributed by atoms with Gasteiger partial charge in [-0.2, -0.15) is 0 Å². The minimum Gasteiger partial charge on any atom is -0.336 e. The summed E-state index contributed by atoms with van der Waals surface area (Å²) >= 11 is 0. The van der Waals surface area contributed by atoms with Crippen molar-refractivity contribution in [1.82, 2.24) is 9.88 Å². The Kier molecular flexibility index (Phi) is 4.83. The summed E-state index contributed by atoms with van der Waals surface area (Å²) in [6.45, 7) is 9.26. The summed E-state index contributed by atoms with van der Waals surface area (Å²) in [6, 6.07) is 3.92. The fourth-order valence-corrected chi connectivity index (χ4v) is 2.78. The Labute approximate surface area is 126 Å². The first-order valence-electron chi connectivity index (χ1n) is 7.72. The number of likely N-dealkylation sites (tertiary alicyclic amines) is 1. The van der Waals surface area contributed by atoms with Gasteiger partial charge in [0, 0.05) is 23.8 Å². The van der Waals surface area contributed by atoms with Crippen LogP contribution >= 0.6 is 0 Å². The zero-order valence-corrected chi connectivity index (χ0v) is 13.4.